The summed E-state index contributed by atoms with van der Waals surface area (Å²) in [4.78, 5) is 42.9. The van der Waals surface area contributed by atoms with Crippen LogP contribution in [-0.4, -0.2) is 39.7 Å². The van der Waals surface area contributed by atoms with E-state index in [-0.39, 0.29) is 11.5 Å². The van der Waals surface area contributed by atoms with Crippen molar-refractivity contribution < 1.29 is 28.6 Å². The van der Waals surface area contributed by atoms with Crippen molar-refractivity contribution in [3.63, 3.8) is 0 Å². The molecule has 0 fully saturated rings. The van der Waals surface area contributed by atoms with E-state index in [1.54, 1.807) is 0 Å². The highest BCUT2D eigenvalue weighted by Crippen LogP contribution is 2.40. The van der Waals surface area contributed by atoms with Gasteiger partial charge >= 0.3 is 13.3 Å². The molecule has 2 atom stereocenters. The molecule has 126 valence electrons. The van der Waals surface area contributed by atoms with Crippen LogP contribution in [0.3, 0.4) is 0 Å². The van der Waals surface area contributed by atoms with Crippen LogP contribution >= 0.6 is 7.60 Å². The van der Waals surface area contributed by atoms with Crippen LogP contribution < -0.4 is 11.2 Å². The fourth-order valence-electron chi connectivity index (χ4n) is 2.08. The van der Waals surface area contributed by atoms with Gasteiger partial charge in [-0.15, -0.1) is 0 Å². The normalized spacial score (nSPS) is 21.7. The van der Waals surface area contributed by atoms with Gasteiger partial charge in [0.1, 0.15) is 0 Å². The van der Waals surface area contributed by atoms with Crippen LogP contribution in [0.1, 0.15) is 6.23 Å². The van der Waals surface area contributed by atoms with Crippen molar-refractivity contribution in [2.24, 2.45) is 0 Å². The molecule has 2 rings (SSSR count). The predicted molar refractivity (Wildman–Crippen MR) is 77.5 cm³/mol. The Morgan fingerprint density at radius 1 is 1.39 bits per heavy atom. The lowest BCUT2D eigenvalue weighted by atomic mass is 10.2. The first-order chi connectivity index (χ1) is 10.8. The highest BCUT2D eigenvalue weighted by molar-refractivity contribution is 7.55. The topological polar surface area (TPSA) is 140 Å². The molecule has 1 aromatic heterocycles. The maximum atomic E-state index is 11.9. The van der Waals surface area contributed by atoms with Gasteiger partial charge in [-0.2, -0.15) is 0 Å². The lowest BCUT2D eigenvalue weighted by Crippen LogP contribution is -2.36. The minimum atomic E-state index is -4.40. The minimum Gasteiger partial charge on any atom is -0.494 e. The maximum absolute atomic E-state index is 11.9. The largest absolute Gasteiger partial charge is 0.494 e. The van der Waals surface area contributed by atoms with E-state index in [4.69, 9.17) is 24.0 Å². The molecule has 0 aromatic carbocycles. The summed E-state index contributed by atoms with van der Waals surface area (Å²) in [5.74, 6) is 0.803. The zero-order valence-electron chi connectivity index (χ0n) is 12.2. The zero-order valence-corrected chi connectivity index (χ0v) is 13.1. The van der Waals surface area contributed by atoms with Crippen molar-refractivity contribution in [1.82, 2.24) is 9.55 Å². The number of H-pyrrole nitrogens is 1. The lowest BCUT2D eigenvalue weighted by molar-refractivity contribution is -0.0338. The van der Waals surface area contributed by atoms with Crippen molar-refractivity contribution in [2.75, 3.05) is 14.2 Å². The van der Waals surface area contributed by atoms with E-state index in [2.05, 4.69) is 4.98 Å². The second kappa shape index (κ2) is 6.55. The van der Waals surface area contributed by atoms with Gasteiger partial charge < -0.3 is 24.0 Å². The molecule has 1 aromatic rings. The fourth-order valence-corrected chi connectivity index (χ4v) is 2.41. The smallest absolute Gasteiger partial charge is 0.349 e. The molecule has 1 aliphatic heterocycles. The number of hydrogen-bond acceptors (Lipinski definition) is 6. The molecule has 0 spiro atoms. The van der Waals surface area contributed by atoms with Crippen molar-refractivity contribution >= 4 is 7.60 Å². The van der Waals surface area contributed by atoms with E-state index in [1.807, 2.05) is 0 Å². The van der Waals surface area contributed by atoms with Crippen molar-refractivity contribution in [3.05, 3.63) is 56.5 Å². The molecule has 0 bridgehead atoms. The summed E-state index contributed by atoms with van der Waals surface area (Å²) in [5.41, 5.74) is -1.29. The number of methoxy groups -OCH3 is 2. The zero-order chi connectivity index (χ0) is 17.2. The number of aromatic amines is 1. The van der Waals surface area contributed by atoms with Gasteiger partial charge in [0.2, 0.25) is 6.23 Å². The Hall–Kier alpha value is -2.13. The molecule has 0 aliphatic carbocycles. The third-order valence-corrected chi connectivity index (χ3v) is 3.56. The monoisotopic (exact) mass is 346 g/mol. The third-order valence-electron chi connectivity index (χ3n) is 3.03. The average Bonchev–Trinajstić information content (AvgIpc) is 2.81. The number of rotatable bonds is 5. The number of aromatic nitrogens is 2. The molecular weight excluding hydrogens is 331 g/mol. The molecule has 0 saturated heterocycles. The van der Waals surface area contributed by atoms with E-state index in [1.165, 1.54) is 20.4 Å². The molecule has 0 radical (unpaired) electrons. The molecule has 11 heteroatoms. The molecule has 1 unspecified atom stereocenters. The Labute approximate surface area is 129 Å². The predicted octanol–water partition coefficient (Wildman–Crippen LogP) is -0.370. The number of ether oxygens (including phenoxy) is 3. The molecule has 23 heavy (non-hydrogen) atoms. The quantitative estimate of drug-likeness (QED) is 0.614. The van der Waals surface area contributed by atoms with Crippen LogP contribution in [0.5, 0.6) is 0 Å². The van der Waals surface area contributed by atoms with E-state index >= 15 is 0 Å². The Morgan fingerprint density at radius 3 is 2.61 bits per heavy atom. The summed E-state index contributed by atoms with van der Waals surface area (Å²) in [5, 5.41) is 0. The van der Waals surface area contributed by atoms with Crippen LogP contribution in [0.15, 0.2) is 45.3 Å². The number of nitrogens with zero attached hydrogens (tertiary/aromatic N) is 1. The third kappa shape index (κ3) is 3.80. The Balaban J connectivity index is 2.43. The fraction of sp³-hybridized carbons (Fsp3) is 0.333. The summed E-state index contributed by atoms with van der Waals surface area (Å²) in [7, 11) is -1.72. The summed E-state index contributed by atoms with van der Waals surface area (Å²) in [6.45, 7) is 0. The molecule has 0 saturated carbocycles. The standard InChI is InChI=1S/C12H15N2O8P/c1-20-9-7(4-6-23(17,18)19)22-11(10(9)21-2)14-5-3-8(15)13-12(14)16/h3-6,10-11H,1-2H3,(H,13,15,16)(H2,17,18,19)/b6-4+/t10?,11-/m1/s1. The van der Waals surface area contributed by atoms with Crippen LogP contribution in [0.25, 0.3) is 0 Å². The number of allylic oxidation sites excluding steroid dienone is 1. The second-order valence-electron chi connectivity index (χ2n) is 4.52. The van der Waals surface area contributed by atoms with E-state index in [0.29, 0.717) is 5.82 Å². The summed E-state index contributed by atoms with van der Waals surface area (Å²) in [6, 6.07) is 1.13. The Morgan fingerprint density at radius 2 is 2.09 bits per heavy atom. The van der Waals surface area contributed by atoms with Gasteiger partial charge in [-0.1, -0.05) is 0 Å². The van der Waals surface area contributed by atoms with Crippen LogP contribution in [0.4, 0.5) is 0 Å². The molecule has 0 amide bonds. The summed E-state index contributed by atoms with van der Waals surface area (Å²) < 4.78 is 27.9. The lowest BCUT2D eigenvalue weighted by Gasteiger charge is -2.20. The summed E-state index contributed by atoms with van der Waals surface area (Å²) in [6.07, 6.45) is 0.416. The van der Waals surface area contributed by atoms with Gasteiger partial charge in [-0.05, 0) is 6.08 Å². The van der Waals surface area contributed by atoms with E-state index < -0.39 is 31.2 Å². The van der Waals surface area contributed by atoms with E-state index in [9.17, 15) is 14.2 Å². The van der Waals surface area contributed by atoms with Crippen molar-refractivity contribution in [3.8, 4) is 0 Å². The molecule has 1 aliphatic rings. The van der Waals surface area contributed by atoms with Gasteiger partial charge in [-0.3, -0.25) is 18.9 Å². The first-order valence-electron chi connectivity index (χ1n) is 6.30. The number of nitrogens with one attached hydrogen (secondary N) is 1. The molecule has 2 heterocycles. The van der Waals surface area contributed by atoms with Gasteiger partial charge in [0.05, 0.1) is 7.11 Å². The second-order valence-corrected chi connectivity index (χ2v) is 6.00. The maximum Gasteiger partial charge on any atom is 0.349 e. The Bertz CT molecular complexity index is 802. The highest BCUT2D eigenvalue weighted by atomic mass is 31.2. The number of hydrogen-bond donors (Lipinski definition) is 3. The van der Waals surface area contributed by atoms with Gasteiger partial charge in [0, 0.05) is 25.2 Å². The van der Waals surface area contributed by atoms with Crippen LogP contribution in [-0.2, 0) is 18.8 Å². The van der Waals surface area contributed by atoms with Crippen LogP contribution in [0.2, 0.25) is 0 Å². The first-order valence-corrected chi connectivity index (χ1v) is 7.98. The van der Waals surface area contributed by atoms with Crippen molar-refractivity contribution in [2.45, 2.75) is 12.3 Å². The van der Waals surface area contributed by atoms with Gasteiger partial charge in [0.15, 0.2) is 17.6 Å². The van der Waals surface area contributed by atoms with Gasteiger partial charge in [0.25, 0.3) is 5.56 Å². The van der Waals surface area contributed by atoms with E-state index in [0.717, 1.165) is 16.7 Å². The molecule has 3 N–H and O–H groups in total. The van der Waals surface area contributed by atoms with Gasteiger partial charge in [-0.25, -0.2) is 4.79 Å². The molecular formula is C12H15N2O8P. The minimum absolute atomic E-state index is 0.00535. The molecule has 10 nitrogen and oxygen atoms in total. The summed E-state index contributed by atoms with van der Waals surface area (Å²) >= 11 is 0. The highest BCUT2D eigenvalue weighted by Gasteiger charge is 2.39. The average molecular weight is 346 g/mol. The first kappa shape index (κ1) is 17.2. The van der Waals surface area contributed by atoms with Crippen LogP contribution in [0, 0.1) is 0 Å². The Kier molecular flexibility index (Phi) is 4.90. The van der Waals surface area contributed by atoms with Crippen molar-refractivity contribution in [1.29, 1.82) is 0 Å². The SMILES string of the molecule is COC1=C(/C=C/P(=O)(O)O)O[C@@H](n2ccc(=O)[nH]c2=O)C1OC.